The predicted octanol–water partition coefficient (Wildman–Crippen LogP) is 2.70. The summed E-state index contributed by atoms with van der Waals surface area (Å²) in [5.74, 6) is 0.668. The number of hydrogen-bond acceptors (Lipinski definition) is 3. The molecule has 2 N–H and O–H groups in total. The van der Waals surface area contributed by atoms with E-state index in [9.17, 15) is 0 Å². The molecule has 1 aromatic heterocycles. The molecule has 2 aromatic rings. The third kappa shape index (κ3) is 2.45. The van der Waals surface area contributed by atoms with E-state index in [1.54, 1.807) is 0 Å². The molecule has 0 spiro atoms. The van der Waals surface area contributed by atoms with Crippen molar-refractivity contribution in [2.75, 3.05) is 18.9 Å². The molecule has 1 saturated heterocycles. The second-order valence-electron chi connectivity index (χ2n) is 5.92. The van der Waals surface area contributed by atoms with Gasteiger partial charge < -0.3 is 10.2 Å². The highest BCUT2D eigenvalue weighted by atomic mass is 15.2. The predicted molar refractivity (Wildman–Crippen MR) is 79.4 cm³/mol. The molecule has 3 atom stereocenters. The van der Waals surface area contributed by atoms with Crippen molar-refractivity contribution >= 4 is 16.6 Å². The largest absolute Gasteiger partial charge is 0.382 e. The van der Waals surface area contributed by atoms with Gasteiger partial charge in [-0.05, 0) is 44.5 Å². The number of piperidine rings is 1. The Hall–Kier alpha value is -1.55. The molecular formula is C15H22N4. The van der Waals surface area contributed by atoms with E-state index in [2.05, 4.69) is 59.5 Å². The molecule has 0 saturated carbocycles. The highest BCUT2D eigenvalue weighted by Crippen LogP contribution is 2.25. The monoisotopic (exact) mass is 258 g/mol. The maximum Gasteiger partial charge on any atom is 0.0651 e. The molecule has 2 heterocycles. The summed E-state index contributed by atoms with van der Waals surface area (Å²) in [6.45, 7) is 5.79. The van der Waals surface area contributed by atoms with Gasteiger partial charge in [0.1, 0.15) is 0 Å². The van der Waals surface area contributed by atoms with Crippen LogP contribution < -0.4 is 5.32 Å². The zero-order chi connectivity index (χ0) is 13.4. The topological polar surface area (TPSA) is 44.0 Å². The number of benzene rings is 1. The maximum absolute atomic E-state index is 4.07. The number of likely N-dealkylation sites (tertiary alicyclic amines) is 1. The molecule has 1 aliphatic rings. The molecule has 0 amide bonds. The normalized spacial score (nSPS) is 28.7. The summed E-state index contributed by atoms with van der Waals surface area (Å²) in [7, 11) is 2.22. The third-order valence-corrected chi connectivity index (χ3v) is 4.40. The number of aromatic amines is 1. The van der Waals surface area contributed by atoms with E-state index in [1.807, 2.05) is 6.20 Å². The zero-order valence-electron chi connectivity index (χ0n) is 11.9. The lowest BCUT2D eigenvalue weighted by atomic mass is 9.89. The van der Waals surface area contributed by atoms with Crippen molar-refractivity contribution in [3.05, 3.63) is 24.4 Å². The Morgan fingerprint density at radius 2 is 2.21 bits per heavy atom. The Morgan fingerprint density at radius 3 is 3.05 bits per heavy atom. The lowest BCUT2D eigenvalue weighted by Crippen LogP contribution is -2.48. The van der Waals surface area contributed by atoms with Crippen LogP contribution in [0.15, 0.2) is 24.4 Å². The highest BCUT2D eigenvalue weighted by molar-refractivity contribution is 5.81. The number of nitrogens with zero attached hydrogens (tertiary/aromatic N) is 2. The van der Waals surface area contributed by atoms with E-state index in [4.69, 9.17) is 0 Å². The standard InChI is InChI=1S/C15H22N4/c1-10-9-19(3)11(2)6-15(10)17-13-4-5-14-12(7-13)8-16-18-14/h4-5,7-8,10-11,15,17H,6,9H2,1-3H3,(H,16,18). The van der Waals surface area contributed by atoms with Crippen LogP contribution in [0.1, 0.15) is 20.3 Å². The van der Waals surface area contributed by atoms with Gasteiger partial charge in [-0.3, -0.25) is 5.10 Å². The first-order chi connectivity index (χ1) is 9.13. The van der Waals surface area contributed by atoms with E-state index >= 15 is 0 Å². The van der Waals surface area contributed by atoms with Crippen LogP contribution in [0.4, 0.5) is 5.69 Å². The molecule has 102 valence electrons. The number of hydrogen-bond donors (Lipinski definition) is 2. The van der Waals surface area contributed by atoms with Gasteiger partial charge in [0.15, 0.2) is 0 Å². The van der Waals surface area contributed by atoms with Crippen molar-refractivity contribution in [3.8, 4) is 0 Å². The Morgan fingerprint density at radius 1 is 1.37 bits per heavy atom. The van der Waals surface area contributed by atoms with Gasteiger partial charge in [0.25, 0.3) is 0 Å². The molecule has 1 aliphatic heterocycles. The molecule has 4 heteroatoms. The summed E-state index contributed by atoms with van der Waals surface area (Å²) in [4.78, 5) is 2.45. The van der Waals surface area contributed by atoms with Gasteiger partial charge in [0.2, 0.25) is 0 Å². The van der Waals surface area contributed by atoms with Crippen molar-refractivity contribution in [1.82, 2.24) is 15.1 Å². The van der Waals surface area contributed by atoms with E-state index in [-0.39, 0.29) is 0 Å². The minimum atomic E-state index is 0.551. The Balaban J connectivity index is 1.76. The summed E-state index contributed by atoms with van der Waals surface area (Å²) in [5.41, 5.74) is 2.29. The fourth-order valence-electron chi connectivity index (χ4n) is 2.99. The van der Waals surface area contributed by atoms with Gasteiger partial charge in [0, 0.05) is 29.7 Å². The Labute approximate surface area is 114 Å². The van der Waals surface area contributed by atoms with Crippen molar-refractivity contribution in [2.24, 2.45) is 5.92 Å². The van der Waals surface area contributed by atoms with E-state index in [0.29, 0.717) is 18.0 Å². The second kappa shape index (κ2) is 4.85. The summed E-state index contributed by atoms with van der Waals surface area (Å²) in [6.07, 6.45) is 3.07. The average Bonchev–Trinajstić information content (AvgIpc) is 2.83. The quantitative estimate of drug-likeness (QED) is 0.870. The Bertz CT molecular complexity index is 562. The number of aromatic nitrogens is 2. The van der Waals surface area contributed by atoms with Gasteiger partial charge in [-0.1, -0.05) is 6.92 Å². The van der Waals surface area contributed by atoms with Crippen LogP contribution in [0.3, 0.4) is 0 Å². The minimum Gasteiger partial charge on any atom is -0.382 e. The van der Waals surface area contributed by atoms with Crippen LogP contribution >= 0.6 is 0 Å². The molecule has 4 nitrogen and oxygen atoms in total. The second-order valence-corrected chi connectivity index (χ2v) is 5.92. The third-order valence-electron chi connectivity index (χ3n) is 4.40. The van der Waals surface area contributed by atoms with E-state index in [0.717, 1.165) is 12.1 Å². The zero-order valence-corrected chi connectivity index (χ0v) is 11.9. The smallest absolute Gasteiger partial charge is 0.0651 e. The van der Waals surface area contributed by atoms with Crippen LogP contribution in [0.2, 0.25) is 0 Å². The highest BCUT2D eigenvalue weighted by Gasteiger charge is 2.28. The van der Waals surface area contributed by atoms with Crippen LogP contribution in [0.25, 0.3) is 10.9 Å². The summed E-state index contributed by atoms with van der Waals surface area (Å²) in [5, 5.41) is 11.9. The molecule has 1 fully saturated rings. The average molecular weight is 258 g/mol. The molecule has 0 bridgehead atoms. The molecule has 0 radical (unpaired) electrons. The van der Waals surface area contributed by atoms with Gasteiger partial charge in [0.05, 0.1) is 11.7 Å². The summed E-state index contributed by atoms with van der Waals surface area (Å²) >= 11 is 0. The lowest BCUT2D eigenvalue weighted by molar-refractivity contribution is 0.145. The van der Waals surface area contributed by atoms with Crippen LogP contribution in [-0.2, 0) is 0 Å². The minimum absolute atomic E-state index is 0.551. The number of rotatable bonds is 2. The first-order valence-electron chi connectivity index (χ1n) is 7.03. The molecular weight excluding hydrogens is 236 g/mol. The van der Waals surface area contributed by atoms with E-state index < -0.39 is 0 Å². The first kappa shape index (κ1) is 12.5. The number of anilines is 1. The van der Waals surface area contributed by atoms with Crippen molar-refractivity contribution in [1.29, 1.82) is 0 Å². The van der Waals surface area contributed by atoms with Crippen molar-refractivity contribution in [2.45, 2.75) is 32.4 Å². The van der Waals surface area contributed by atoms with Gasteiger partial charge in [-0.15, -0.1) is 0 Å². The van der Waals surface area contributed by atoms with Crippen molar-refractivity contribution < 1.29 is 0 Å². The fourth-order valence-corrected chi connectivity index (χ4v) is 2.99. The van der Waals surface area contributed by atoms with Crippen LogP contribution in [-0.4, -0.2) is 40.8 Å². The SMILES string of the molecule is CC1CN(C)C(C)CC1Nc1ccc2[nH]ncc2c1. The molecule has 19 heavy (non-hydrogen) atoms. The first-order valence-corrected chi connectivity index (χ1v) is 7.03. The molecule has 1 aromatic carbocycles. The summed E-state index contributed by atoms with van der Waals surface area (Å²) < 4.78 is 0. The number of fused-ring (bicyclic) bond motifs is 1. The number of H-pyrrole nitrogens is 1. The fraction of sp³-hybridized carbons (Fsp3) is 0.533. The lowest BCUT2D eigenvalue weighted by Gasteiger charge is -2.40. The summed E-state index contributed by atoms with van der Waals surface area (Å²) in [6, 6.07) is 7.60. The maximum atomic E-state index is 4.07. The van der Waals surface area contributed by atoms with Crippen molar-refractivity contribution in [3.63, 3.8) is 0 Å². The van der Waals surface area contributed by atoms with Crippen LogP contribution in [0.5, 0.6) is 0 Å². The van der Waals surface area contributed by atoms with E-state index in [1.165, 1.54) is 17.5 Å². The van der Waals surface area contributed by atoms with Gasteiger partial charge >= 0.3 is 0 Å². The molecule has 3 rings (SSSR count). The van der Waals surface area contributed by atoms with Gasteiger partial charge in [-0.2, -0.15) is 5.10 Å². The number of nitrogens with one attached hydrogen (secondary N) is 2. The van der Waals surface area contributed by atoms with Crippen LogP contribution in [0, 0.1) is 5.92 Å². The van der Waals surface area contributed by atoms with Gasteiger partial charge in [-0.25, -0.2) is 0 Å². The molecule has 0 aliphatic carbocycles. The Kier molecular flexibility index (Phi) is 3.19. The molecule has 3 unspecified atom stereocenters.